The van der Waals surface area contributed by atoms with Crippen LogP contribution in [0.2, 0.25) is 5.02 Å². The van der Waals surface area contributed by atoms with Crippen molar-refractivity contribution in [2.45, 2.75) is 19.2 Å². The van der Waals surface area contributed by atoms with Crippen molar-refractivity contribution in [2.75, 3.05) is 31.2 Å². The number of aromatic nitrogens is 4. The topological polar surface area (TPSA) is 82.4 Å². The molecule has 1 atom stereocenters. The van der Waals surface area contributed by atoms with Gasteiger partial charge in [-0.25, -0.2) is 19.3 Å². The van der Waals surface area contributed by atoms with E-state index in [1.54, 1.807) is 26.1 Å². The monoisotopic (exact) mass is 563 g/mol. The van der Waals surface area contributed by atoms with E-state index in [2.05, 4.69) is 9.97 Å². The zero-order chi connectivity index (χ0) is 27.9. The lowest BCUT2D eigenvalue weighted by atomic mass is 10.1. The summed E-state index contributed by atoms with van der Waals surface area (Å²) in [6, 6.07) is 8.81. The van der Waals surface area contributed by atoms with Crippen LogP contribution in [0.4, 0.5) is 23.4 Å². The van der Waals surface area contributed by atoms with Crippen LogP contribution < -0.4 is 15.2 Å². The van der Waals surface area contributed by atoms with Crippen molar-refractivity contribution in [3.63, 3.8) is 0 Å². The lowest BCUT2D eigenvalue weighted by Gasteiger charge is -2.34. The zero-order valence-corrected chi connectivity index (χ0v) is 21.6. The average molecular weight is 564 g/mol. The van der Waals surface area contributed by atoms with E-state index in [0.717, 1.165) is 6.07 Å². The molecule has 0 amide bonds. The van der Waals surface area contributed by atoms with Gasteiger partial charge >= 0.3 is 6.18 Å². The Labute approximate surface area is 224 Å². The molecule has 0 saturated carbocycles. The highest BCUT2D eigenvalue weighted by Crippen LogP contribution is 2.33. The molecular formula is C26H22ClF4N5O3. The van der Waals surface area contributed by atoms with E-state index in [-0.39, 0.29) is 46.3 Å². The van der Waals surface area contributed by atoms with Crippen molar-refractivity contribution < 1.29 is 27.0 Å². The first kappa shape index (κ1) is 26.8. The highest BCUT2D eigenvalue weighted by Gasteiger charge is 2.29. The molecule has 1 aromatic carbocycles. The Bertz CT molecular complexity index is 1610. The van der Waals surface area contributed by atoms with Crippen LogP contribution in [0.15, 0.2) is 47.4 Å². The smallest absolute Gasteiger partial charge is 0.422 e. The minimum Gasteiger partial charge on any atom is -0.468 e. The van der Waals surface area contributed by atoms with Crippen LogP contribution >= 0.6 is 11.6 Å². The Morgan fingerprint density at radius 2 is 1.97 bits per heavy atom. The molecule has 1 unspecified atom stereocenters. The largest absolute Gasteiger partial charge is 0.468 e. The van der Waals surface area contributed by atoms with E-state index in [0.29, 0.717) is 29.3 Å². The maximum Gasteiger partial charge on any atom is 0.422 e. The molecule has 1 fully saturated rings. The summed E-state index contributed by atoms with van der Waals surface area (Å²) in [5.74, 6) is 0.0858. The van der Waals surface area contributed by atoms with Crippen LogP contribution in [0, 0.1) is 12.7 Å². The van der Waals surface area contributed by atoms with Gasteiger partial charge in [-0.05, 0) is 36.8 Å². The normalized spacial score (nSPS) is 16.1. The highest BCUT2D eigenvalue weighted by atomic mass is 35.5. The van der Waals surface area contributed by atoms with Gasteiger partial charge in [-0.3, -0.25) is 9.36 Å². The average Bonchev–Trinajstić information content (AvgIpc) is 2.90. The standard InChI is InChI=1S/C26H22ClF4N5O3/c1-14-33-19-11-21(34-24(23(19)25(37)35(14)2)17-4-3-16(27)10-18(17)28)36-7-8-38-20(12-36)15-5-6-32-22(9-15)39-13-26(29,30)31/h3-6,9-11,20H,7-8,12-13H2,1-2H3. The Hall–Kier alpha value is -3.77. The van der Waals surface area contributed by atoms with Gasteiger partial charge in [0, 0.05) is 49.1 Å². The SMILES string of the molecule is Cc1nc2cc(N3CCOC(c4ccnc(OCC(F)(F)F)c4)C3)nc(-c3ccc(Cl)cc3F)c2c(=O)n1C. The summed E-state index contributed by atoms with van der Waals surface area (Å²) in [6.45, 7) is 1.20. The molecule has 3 aromatic heterocycles. The number of alkyl halides is 3. The molecule has 5 rings (SSSR count). The highest BCUT2D eigenvalue weighted by molar-refractivity contribution is 6.30. The van der Waals surface area contributed by atoms with Gasteiger partial charge in [-0.2, -0.15) is 13.2 Å². The summed E-state index contributed by atoms with van der Waals surface area (Å²) < 4.78 is 64.8. The third-order valence-electron chi connectivity index (χ3n) is 6.36. The van der Waals surface area contributed by atoms with Crippen LogP contribution in [0.25, 0.3) is 22.2 Å². The van der Waals surface area contributed by atoms with Crippen LogP contribution in [-0.2, 0) is 11.8 Å². The van der Waals surface area contributed by atoms with Crippen LogP contribution in [0.5, 0.6) is 5.88 Å². The second-order valence-corrected chi connectivity index (χ2v) is 9.44. The summed E-state index contributed by atoms with van der Waals surface area (Å²) >= 11 is 5.95. The number of aryl methyl sites for hydroxylation is 1. The molecule has 0 aliphatic carbocycles. The van der Waals surface area contributed by atoms with Crippen molar-refractivity contribution in [2.24, 2.45) is 7.05 Å². The molecule has 13 heteroatoms. The molecule has 204 valence electrons. The van der Waals surface area contributed by atoms with Gasteiger partial charge < -0.3 is 14.4 Å². The molecular weight excluding hydrogens is 542 g/mol. The first-order valence-electron chi connectivity index (χ1n) is 11.9. The van der Waals surface area contributed by atoms with Crippen molar-refractivity contribution in [1.82, 2.24) is 19.5 Å². The summed E-state index contributed by atoms with van der Waals surface area (Å²) in [6.07, 6.45) is -3.69. The number of fused-ring (bicyclic) bond motifs is 1. The van der Waals surface area contributed by atoms with Crippen molar-refractivity contribution in [1.29, 1.82) is 0 Å². The van der Waals surface area contributed by atoms with E-state index in [1.807, 2.05) is 4.90 Å². The number of nitrogens with zero attached hydrogens (tertiary/aromatic N) is 5. The number of halogens is 5. The molecule has 1 aliphatic heterocycles. The Morgan fingerprint density at radius 3 is 2.72 bits per heavy atom. The van der Waals surface area contributed by atoms with Gasteiger partial charge in [-0.1, -0.05) is 11.6 Å². The number of ether oxygens (including phenoxy) is 2. The van der Waals surface area contributed by atoms with Crippen molar-refractivity contribution >= 4 is 28.3 Å². The number of rotatable bonds is 5. The molecule has 0 spiro atoms. The predicted molar refractivity (Wildman–Crippen MR) is 137 cm³/mol. The molecule has 1 saturated heterocycles. The number of morpholine rings is 1. The molecule has 1 aliphatic rings. The van der Waals surface area contributed by atoms with Gasteiger partial charge in [0.15, 0.2) is 6.61 Å². The van der Waals surface area contributed by atoms with Gasteiger partial charge in [0.2, 0.25) is 5.88 Å². The summed E-state index contributed by atoms with van der Waals surface area (Å²) in [5, 5.41) is 0.365. The zero-order valence-electron chi connectivity index (χ0n) is 20.8. The van der Waals surface area contributed by atoms with Crippen LogP contribution in [-0.4, -0.2) is 52.0 Å². The minimum absolute atomic E-state index is 0.0967. The van der Waals surface area contributed by atoms with Gasteiger partial charge in [-0.15, -0.1) is 0 Å². The Balaban J connectivity index is 1.54. The summed E-state index contributed by atoms with van der Waals surface area (Å²) in [4.78, 5) is 28.2. The molecule has 4 heterocycles. The number of hydrogen-bond donors (Lipinski definition) is 0. The van der Waals surface area contributed by atoms with E-state index in [1.165, 1.54) is 29.0 Å². The number of hydrogen-bond acceptors (Lipinski definition) is 7. The fraction of sp³-hybridized carbons (Fsp3) is 0.308. The third-order valence-corrected chi connectivity index (χ3v) is 6.60. The predicted octanol–water partition coefficient (Wildman–Crippen LogP) is 5.01. The van der Waals surface area contributed by atoms with Crippen molar-refractivity contribution in [3.8, 4) is 17.1 Å². The second-order valence-electron chi connectivity index (χ2n) is 9.01. The fourth-order valence-electron chi connectivity index (χ4n) is 4.34. The summed E-state index contributed by atoms with van der Waals surface area (Å²) in [5.41, 5.74) is 0.766. The lowest BCUT2D eigenvalue weighted by Crippen LogP contribution is -2.39. The van der Waals surface area contributed by atoms with Gasteiger partial charge in [0.1, 0.15) is 23.6 Å². The maximum atomic E-state index is 15.0. The van der Waals surface area contributed by atoms with Crippen LogP contribution in [0.3, 0.4) is 0 Å². The number of anilines is 1. The molecule has 0 radical (unpaired) electrons. The van der Waals surface area contributed by atoms with Crippen molar-refractivity contribution in [3.05, 3.63) is 75.2 Å². The Kier molecular flexibility index (Phi) is 7.17. The molecule has 0 bridgehead atoms. The maximum absolute atomic E-state index is 15.0. The summed E-state index contributed by atoms with van der Waals surface area (Å²) in [7, 11) is 1.58. The number of pyridine rings is 2. The minimum atomic E-state index is -4.49. The number of benzene rings is 1. The molecule has 8 nitrogen and oxygen atoms in total. The first-order valence-corrected chi connectivity index (χ1v) is 12.2. The fourth-order valence-corrected chi connectivity index (χ4v) is 4.50. The molecule has 0 N–H and O–H groups in total. The Morgan fingerprint density at radius 1 is 1.18 bits per heavy atom. The second kappa shape index (κ2) is 10.4. The molecule has 4 aromatic rings. The van der Waals surface area contributed by atoms with E-state index in [4.69, 9.17) is 26.1 Å². The quantitative estimate of drug-likeness (QED) is 0.316. The van der Waals surface area contributed by atoms with E-state index >= 15 is 4.39 Å². The van der Waals surface area contributed by atoms with Gasteiger partial charge in [0.05, 0.1) is 23.2 Å². The lowest BCUT2D eigenvalue weighted by molar-refractivity contribution is -0.154. The third kappa shape index (κ3) is 5.66. The van der Waals surface area contributed by atoms with Crippen LogP contribution in [0.1, 0.15) is 17.5 Å². The first-order chi connectivity index (χ1) is 18.5. The van der Waals surface area contributed by atoms with Gasteiger partial charge in [0.25, 0.3) is 5.56 Å². The molecule has 39 heavy (non-hydrogen) atoms. The van der Waals surface area contributed by atoms with E-state index in [9.17, 15) is 18.0 Å². The van der Waals surface area contributed by atoms with E-state index < -0.39 is 24.7 Å².